The van der Waals surface area contributed by atoms with Crippen LogP contribution in [0.1, 0.15) is 22.9 Å². The summed E-state index contributed by atoms with van der Waals surface area (Å²) in [6.07, 6.45) is -4.47. The molecule has 0 aliphatic rings. The van der Waals surface area contributed by atoms with E-state index in [1.807, 2.05) is 0 Å². The molecule has 0 aliphatic heterocycles. The maximum atomic E-state index is 12.9. The normalized spacial score (nSPS) is 13.5. The first-order chi connectivity index (χ1) is 8.93. The topological polar surface area (TPSA) is 51.2 Å². The first-order valence-electron chi connectivity index (χ1n) is 5.31. The molecule has 0 spiro atoms. The molecule has 0 radical (unpaired) electrons. The van der Waals surface area contributed by atoms with Crippen LogP contribution in [-0.4, -0.2) is 0 Å². The van der Waals surface area contributed by atoms with Gasteiger partial charge in [0.2, 0.25) is 0 Å². The molecule has 0 saturated carbocycles. The Labute approximate surface area is 112 Å². The Morgan fingerprint density at radius 3 is 2.37 bits per heavy atom. The van der Waals surface area contributed by atoms with Crippen LogP contribution in [0, 0.1) is 0 Å². The van der Waals surface area contributed by atoms with E-state index in [2.05, 4.69) is 5.43 Å². The zero-order valence-electron chi connectivity index (χ0n) is 9.54. The lowest BCUT2D eigenvalue weighted by molar-refractivity contribution is -0.138. The predicted octanol–water partition coefficient (Wildman–Crippen LogP) is 3.50. The van der Waals surface area contributed by atoms with Crippen molar-refractivity contribution in [1.82, 2.24) is 5.43 Å². The number of nitrogens with two attached hydrogens (primary N) is 1. The lowest BCUT2D eigenvalue weighted by atomic mass is 9.98. The highest BCUT2D eigenvalue weighted by Gasteiger charge is 2.35. The molecule has 1 atom stereocenters. The molecule has 102 valence electrons. The molecule has 2 rings (SSSR count). The van der Waals surface area contributed by atoms with Crippen LogP contribution in [0.4, 0.5) is 13.2 Å². The molecule has 0 saturated heterocycles. The second kappa shape index (κ2) is 5.24. The molecule has 2 aromatic rings. The summed E-state index contributed by atoms with van der Waals surface area (Å²) in [5.74, 6) is 5.55. The third-order valence-corrected chi connectivity index (χ3v) is 2.83. The van der Waals surface area contributed by atoms with E-state index in [1.165, 1.54) is 30.3 Å². The number of benzene rings is 1. The van der Waals surface area contributed by atoms with Gasteiger partial charge in [0.15, 0.2) is 5.22 Å². The molecule has 1 unspecified atom stereocenters. The maximum Gasteiger partial charge on any atom is 0.416 e. The first-order valence-corrected chi connectivity index (χ1v) is 5.68. The van der Waals surface area contributed by atoms with Gasteiger partial charge >= 0.3 is 6.18 Å². The molecule has 0 fully saturated rings. The molecule has 1 heterocycles. The summed E-state index contributed by atoms with van der Waals surface area (Å²) in [6.45, 7) is 0. The molecule has 1 aromatic heterocycles. The number of alkyl halides is 3. The molecule has 0 aliphatic carbocycles. The zero-order chi connectivity index (χ0) is 14.0. The van der Waals surface area contributed by atoms with Crippen LogP contribution in [-0.2, 0) is 6.18 Å². The Morgan fingerprint density at radius 2 is 1.84 bits per heavy atom. The van der Waals surface area contributed by atoms with Crippen molar-refractivity contribution in [3.63, 3.8) is 0 Å². The minimum absolute atomic E-state index is 0.0245. The van der Waals surface area contributed by atoms with Gasteiger partial charge in [-0.25, -0.2) is 5.43 Å². The monoisotopic (exact) mass is 290 g/mol. The SMILES string of the molecule is NNC(c1ccc(Cl)o1)c1ccccc1C(F)(F)F. The number of hydrogen-bond donors (Lipinski definition) is 2. The number of rotatable bonds is 3. The minimum Gasteiger partial charge on any atom is -0.448 e. The summed E-state index contributed by atoms with van der Waals surface area (Å²) < 4.78 is 43.9. The number of halogens is 4. The van der Waals surface area contributed by atoms with Crippen molar-refractivity contribution < 1.29 is 17.6 Å². The van der Waals surface area contributed by atoms with Crippen molar-refractivity contribution in [1.29, 1.82) is 0 Å². The Bertz CT molecular complexity index is 568. The van der Waals surface area contributed by atoms with Crippen molar-refractivity contribution in [2.45, 2.75) is 12.2 Å². The highest BCUT2D eigenvalue weighted by molar-refractivity contribution is 6.28. The lowest BCUT2D eigenvalue weighted by Crippen LogP contribution is -2.30. The first kappa shape index (κ1) is 13.9. The molecule has 3 N–H and O–H groups in total. The third kappa shape index (κ3) is 2.91. The largest absolute Gasteiger partial charge is 0.448 e. The predicted molar refractivity (Wildman–Crippen MR) is 64.3 cm³/mol. The molecular formula is C12H10ClF3N2O. The summed E-state index contributed by atoms with van der Waals surface area (Å²) in [6, 6.07) is 7.13. The van der Waals surface area contributed by atoms with Crippen LogP contribution in [0.5, 0.6) is 0 Å². The smallest absolute Gasteiger partial charge is 0.416 e. The van der Waals surface area contributed by atoms with Crippen molar-refractivity contribution in [3.8, 4) is 0 Å². The second-order valence-corrected chi connectivity index (χ2v) is 4.20. The Hall–Kier alpha value is -1.50. The average Bonchev–Trinajstić information content (AvgIpc) is 2.76. The molecule has 3 nitrogen and oxygen atoms in total. The molecule has 19 heavy (non-hydrogen) atoms. The fraction of sp³-hybridized carbons (Fsp3) is 0.167. The molecule has 1 aromatic carbocycles. The van der Waals surface area contributed by atoms with Crippen molar-refractivity contribution in [2.75, 3.05) is 0 Å². The van der Waals surface area contributed by atoms with Gasteiger partial charge in [-0.2, -0.15) is 13.2 Å². The van der Waals surface area contributed by atoms with E-state index in [4.69, 9.17) is 21.9 Å². The zero-order valence-corrected chi connectivity index (χ0v) is 10.3. The van der Waals surface area contributed by atoms with Crippen LogP contribution in [0.2, 0.25) is 5.22 Å². The van der Waals surface area contributed by atoms with E-state index in [-0.39, 0.29) is 16.5 Å². The summed E-state index contributed by atoms with van der Waals surface area (Å²) >= 11 is 5.62. The van der Waals surface area contributed by atoms with Crippen LogP contribution < -0.4 is 11.3 Å². The highest BCUT2D eigenvalue weighted by Crippen LogP contribution is 2.36. The maximum absolute atomic E-state index is 12.9. The summed E-state index contributed by atoms with van der Waals surface area (Å²) in [5.41, 5.74) is 1.51. The Kier molecular flexibility index (Phi) is 3.84. The van der Waals surface area contributed by atoms with E-state index in [0.29, 0.717) is 0 Å². The van der Waals surface area contributed by atoms with Gasteiger partial charge in [-0.15, -0.1) is 0 Å². The van der Waals surface area contributed by atoms with Crippen LogP contribution >= 0.6 is 11.6 Å². The van der Waals surface area contributed by atoms with Gasteiger partial charge in [-0.3, -0.25) is 5.84 Å². The van der Waals surface area contributed by atoms with E-state index < -0.39 is 17.8 Å². The molecular weight excluding hydrogens is 281 g/mol. The lowest BCUT2D eigenvalue weighted by Gasteiger charge is -2.19. The number of hydrazine groups is 1. The number of furan rings is 1. The van der Waals surface area contributed by atoms with Crippen LogP contribution in [0.25, 0.3) is 0 Å². The second-order valence-electron chi connectivity index (χ2n) is 3.83. The van der Waals surface area contributed by atoms with E-state index in [0.717, 1.165) is 6.07 Å². The summed E-state index contributed by atoms with van der Waals surface area (Å²) in [4.78, 5) is 0. The average molecular weight is 291 g/mol. The molecule has 0 amide bonds. The van der Waals surface area contributed by atoms with Gasteiger partial charge in [-0.1, -0.05) is 18.2 Å². The van der Waals surface area contributed by atoms with Gasteiger partial charge < -0.3 is 4.42 Å². The highest BCUT2D eigenvalue weighted by atomic mass is 35.5. The fourth-order valence-corrected chi connectivity index (χ4v) is 1.97. The third-order valence-electron chi connectivity index (χ3n) is 2.62. The Morgan fingerprint density at radius 1 is 1.16 bits per heavy atom. The molecule has 7 heteroatoms. The van der Waals surface area contributed by atoms with E-state index in [1.54, 1.807) is 0 Å². The van der Waals surface area contributed by atoms with Crippen molar-refractivity contribution in [2.24, 2.45) is 5.84 Å². The molecule has 0 bridgehead atoms. The standard InChI is InChI=1S/C12H10ClF3N2O/c13-10-6-5-9(19-10)11(18-17)7-3-1-2-4-8(7)12(14,15)16/h1-6,11,18H,17H2. The fourth-order valence-electron chi connectivity index (χ4n) is 1.82. The summed E-state index contributed by atoms with van der Waals surface area (Å²) in [7, 11) is 0. The Balaban J connectivity index is 2.50. The number of hydrogen-bond acceptors (Lipinski definition) is 3. The van der Waals surface area contributed by atoms with E-state index in [9.17, 15) is 13.2 Å². The van der Waals surface area contributed by atoms with Gasteiger partial charge in [-0.05, 0) is 35.4 Å². The van der Waals surface area contributed by atoms with Gasteiger partial charge in [0.1, 0.15) is 11.8 Å². The number of nitrogens with one attached hydrogen (secondary N) is 1. The van der Waals surface area contributed by atoms with Crippen molar-refractivity contribution in [3.05, 3.63) is 58.5 Å². The van der Waals surface area contributed by atoms with Gasteiger partial charge in [0.05, 0.1) is 5.56 Å². The van der Waals surface area contributed by atoms with Crippen LogP contribution in [0.3, 0.4) is 0 Å². The quantitative estimate of drug-likeness (QED) is 0.672. The summed E-state index contributed by atoms with van der Waals surface area (Å²) in [5, 5.41) is 0.0831. The van der Waals surface area contributed by atoms with Crippen LogP contribution in [0.15, 0.2) is 40.8 Å². The minimum atomic E-state index is -4.47. The van der Waals surface area contributed by atoms with Gasteiger partial charge in [0, 0.05) is 0 Å². The van der Waals surface area contributed by atoms with Crippen molar-refractivity contribution >= 4 is 11.6 Å². The van der Waals surface area contributed by atoms with Gasteiger partial charge in [0.25, 0.3) is 0 Å². The van der Waals surface area contributed by atoms with E-state index >= 15 is 0 Å².